The molecule has 0 saturated heterocycles. The minimum absolute atomic E-state index is 1.27. The molecular formula is C40H41Cl2N2PRu. The molecule has 46 heavy (non-hydrogen) atoms. The van der Waals surface area contributed by atoms with Gasteiger partial charge in [-0.1, -0.05) is 35.4 Å². The summed E-state index contributed by atoms with van der Waals surface area (Å²) >= 11 is -1.98. The number of rotatable bonds is 6. The number of hydrogen-bond acceptors (Lipinski definition) is 2. The van der Waals surface area contributed by atoms with Crippen molar-refractivity contribution < 1.29 is 13.5 Å². The third-order valence-electron chi connectivity index (χ3n) is 8.12. The Morgan fingerprint density at radius 3 is 1.11 bits per heavy atom. The van der Waals surface area contributed by atoms with Gasteiger partial charge < -0.3 is 9.80 Å². The number of nitrogens with zero attached hydrogens (tertiary/aromatic N) is 2. The molecule has 5 aromatic rings. The van der Waals surface area contributed by atoms with Crippen molar-refractivity contribution in [1.29, 1.82) is 0 Å². The van der Waals surface area contributed by atoms with E-state index < -0.39 is 20.8 Å². The molecule has 0 amide bonds. The van der Waals surface area contributed by atoms with Gasteiger partial charge in [-0.15, -0.1) is 6.67 Å². The van der Waals surface area contributed by atoms with Crippen molar-refractivity contribution in [2.75, 3.05) is 9.80 Å². The standard InChI is InChI=1S/C21H25N2.C19H16P.2ClH.Ru/c1-14-9-16(3)20(17(4)10-14)22-7-8-23(13-22)21-18(5)11-15(2)12-19(21)6;1-20(17-11-5-2-6-12-17,18-13-7-3-8-14-18)19-15-9-4-10-16-19;;;/h7-13H,1-6H3;1-16H;2*1H;/q-1;+1;;;+2/p-2. The summed E-state index contributed by atoms with van der Waals surface area (Å²) in [5.74, 6) is 0. The van der Waals surface area contributed by atoms with Gasteiger partial charge in [0.05, 0.1) is 0 Å². The molecule has 6 heteroatoms. The van der Waals surface area contributed by atoms with Gasteiger partial charge in [-0.3, -0.25) is 0 Å². The SMILES string of the molecule is Cc1cc(C)c(N2C=CN(c3c(C)cc(C)cc3C)[CH-]2)c(C)c1.[Cl][Ru]([Cl])=[CH][P+](c1ccccc1)(c1ccccc1)c1ccccc1. The molecule has 1 aliphatic rings. The molecule has 0 radical (unpaired) electrons. The maximum atomic E-state index is 6.39. The Morgan fingerprint density at radius 1 is 0.522 bits per heavy atom. The van der Waals surface area contributed by atoms with Gasteiger partial charge in [-0.2, -0.15) is 0 Å². The zero-order valence-corrected chi connectivity index (χ0v) is 31.4. The molecule has 2 nitrogen and oxygen atoms in total. The van der Waals surface area contributed by atoms with E-state index >= 15 is 0 Å². The molecule has 6 rings (SSSR count). The average molecular weight is 753 g/mol. The number of anilines is 2. The van der Waals surface area contributed by atoms with Crippen LogP contribution in [-0.2, 0) is 13.5 Å². The van der Waals surface area contributed by atoms with Crippen LogP contribution in [0.4, 0.5) is 11.4 Å². The van der Waals surface area contributed by atoms with Crippen LogP contribution in [0.2, 0.25) is 0 Å². The fraction of sp³-hybridized carbons (Fsp3) is 0.150. The van der Waals surface area contributed by atoms with Gasteiger partial charge in [0.1, 0.15) is 0 Å². The Kier molecular flexibility index (Phi) is 11.4. The third-order valence-corrected chi connectivity index (χ3v) is 17.4. The number of halogens is 2. The van der Waals surface area contributed by atoms with Crippen molar-refractivity contribution >= 4 is 58.3 Å². The van der Waals surface area contributed by atoms with Crippen LogP contribution < -0.4 is 25.7 Å². The van der Waals surface area contributed by atoms with Gasteiger partial charge in [-0.05, 0) is 76.2 Å². The zero-order chi connectivity index (χ0) is 32.8. The van der Waals surface area contributed by atoms with Gasteiger partial charge in [0.2, 0.25) is 0 Å². The molecule has 1 heterocycles. The van der Waals surface area contributed by atoms with E-state index in [4.69, 9.17) is 19.4 Å². The molecule has 0 aromatic heterocycles. The van der Waals surface area contributed by atoms with Crippen LogP contribution in [0.15, 0.2) is 128 Å². The second-order valence-electron chi connectivity index (χ2n) is 11.7. The molecule has 1 aliphatic heterocycles. The van der Waals surface area contributed by atoms with E-state index in [9.17, 15) is 0 Å². The maximum absolute atomic E-state index is 6.39. The molecule has 0 saturated carbocycles. The van der Waals surface area contributed by atoms with E-state index in [1.54, 1.807) is 0 Å². The first-order chi connectivity index (χ1) is 22.1. The summed E-state index contributed by atoms with van der Waals surface area (Å²) in [7, 11) is 10.9. The summed E-state index contributed by atoms with van der Waals surface area (Å²) in [5.41, 5.74) is 10.4. The predicted molar refractivity (Wildman–Crippen MR) is 203 cm³/mol. The Morgan fingerprint density at radius 2 is 0.826 bits per heavy atom. The average Bonchev–Trinajstić information content (AvgIpc) is 3.49. The Hall–Kier alpha value is -3.06. The van der Waals surface area contributed by atoms with Crippen molar-refractivity contribution in [3.05, 3.63) is 168 Å². The normalized spacial score (nSPS) is 12.9. The third kappa shape index (κ3) is 7.56. The van der Waals surface area contributed by atoms with Gasteiger partial charge in [-0.25, -0.2) is 0 Å². The molecule has 0 bridgehead atoms. The molecule has 5 aromatic carbocycles. The van der Waals surface area contributed by atoms with Crippen molar-refractivity contribution in [3.63, 3.8) is 0 Å². The van der Waals surface area contributed by atoms with Crippen LogP contribution >= 0.6 is 26.6 Å². The monoisotopic (exact) mass is 752 g/mol. The number of aryl methyl sites for hydroxylation is 6. The predicted octanol–water partition coefficient (Wildman–Crippen LogP) is 10.1. The first-order valence-electron chi connectivity index (χ1n) is 15.3. The van der Waals surface area contributed by atoms with Crippen molar-refractivity contribution in [2.24, 2.45) is 0 Å². The van der Waals surface area contributed by atoms with Crippen molar-refractivity contribution in [3.8, 4) is 0 Å². The molecule has 0 spiro atoms. The van der Waals surface area contributed by atoms with E-state index in [0.29, 0.717) is 0 Å². The molecule has 238 valence electrons. The van der Waals surface area contributed by atoms with Crippen LogP contribution in [0.5, 0.6) is 0 Å². The van der Waals surface area contributed by atoms with Crippen molar-refractivity contribution in [1.82, 2.24) is 0 Å². The minimum atomic E-state index is -1.98. The number of benzene rings is 5. The van der Waals surface area contributed by atoms with Gasteiger partial charge >= 0.3 is 151 Å². The van der Waals surface area contributed by atoms with E-state index in [0.717, 1.165) is 0 Å². The first kappa shape index (κ1) is 34.3. The van der Waals surface area contributed by atoms with Crippen molar-refractivity contribution in [2.45, 2.75) is 41.5 Å². The Bertz CT molecular complexity index is 1650. The summed E-state index contributed by atoms with van der Waals surface area (Å²) < 4.78 is 2.25. The molecule has 0 atom stereocenters. The van der Waals surface area contributed by atoms with E-state index in [2.05, 4.69) is 172 Å². The van der Waals surface area contributed by atoms with E-state index in [-0.39, 0.29) is 0 Å². The molecule has 0 N–H and O–H groups in total. The second kappa shape index (κ2) is 15.2. The van der Waals surface area contributed by atoms with Gasteiger partial charge in [0.15, 0.2) is 0 Å². The molecular weight excluding hydrogens is 711 g/mol. The molecule has 0 aliphatic carbocycles. The Labute approximate surface area is 289 Å². The number of hydrogen-bond donors (Lipinski definition) is 0. The summed E-state index contributed by atoms with van der Waals surface area (Å²) in [4.78, 5) is 4.45. The van der Waals surface area contributed by atoms with E-state index in [1.165, 1.54) is 60.7 Å². The van der Waals surface area contributed by atoms with Crippen LogP contribution in [0, 0.1) is 48.2 Å². The molecule has 0 unspecified atom stereocenters. The second-order valence-corrected chi connectivity index (χ2v) is 21.5. The van der Waals surface area contributed by atoms with Crippen LogP contribution in [0.3, 0.4) is 0 Å². The van der Waals surface area contributed by atoms with Gasteiger partial charge in [0.25, 0.3) is 0 Å². The van der Waals surface area contributed by atoms with Crippen LogP contribution in [0.1, 0.15) is 33.4 Å². The van der Waals surface area contributed by atoms with E-state index in [1.807, 2.05) is 18.2 Å². The first-order valence-corrected chi connectivity index (χ1v) is 22.6. The fourth-order valence-corrected chi connectivity index (χ4v) is 17.4. The quantitative estimate of drug-likeness (QED) is 0.0969. The summed E-state index contributed by atoms with van der Waals surface area (Å²) in [6.07, 6.45) is 4.28. The molecule has 0 fully saturated rings. The van der Waals surface area contributed by atoms with Crippen LogP contribution in [-0.4, -0.2) is 4.35 Å². The summed E-state index contributed by atoms with van der Waals surface area (Å²) in [5, 5.41) is 3.87. The fourth-order valence-electron chi connectivity index (χ4n) is 6.48. The Balaban J connectivity index is 0.000000181. The summed E-state index contributed by atoms with van der Waals surface area (Å²) in [6, 6.07) is 40.8. The van der Waals surface area contributed by atoms with Gasteiger partial charge in [0, 0.05) is 11.4 Å². The van der Waals surface area contributed by atoms with Crippen LogP contribution in [0.25, 0.3) is 0 Å². The summed E-state index contributed by atoms with van der Waals surface area (Å²) in [6.45, 7) is 15.2. The topological polar surface area (TPSA) is 6.48 Å². The zero-order valence-electron chi connectivity index (χ0n) is 27.2.